The minimum absolute atomic E-state index is 0.515. The summed E-state index contributed by atoms with van der Waals surface area (Å²) in [6, 6.07) is 2.75. The molecular formula is C9H16N2. The molecule has 11 heavy (non-hydrogen) atoms. The minimum atomic E-state index is 0.515. The van der Waals surface area contributed by atoms with Gasteiger partial charge in [-0.1, -0.05) is 19.8 Å². The quantitative estimate of drug-likeness (QED) is 0.624. The average Bonchev–Trinajstić information content (AvgIpc) is 2.47. The van der Waals surface area contributed by atoms with Crippen molar-refractivity contribution in [1.82, 2.24) is 5.32 Å². The molecule has 62 valence electrons. The van der Waals surface area contributed by atoms with Crippen LogP contribution in [0.2, 0.25) is 0 Å². The maximum absolute atomic E-state index is 8.37. The maximum Gasteiger partial charge on any atom is 0.0843 e. The highest BCUT2D eigenvalue weighted by molar-refractivity contribution is 4.85. The molecule has 0 heterocycles. The van der Waals surface area contributed by atoms with Crippen LogP contribution in [0.15, 0.2) is 0 Å². The van der Waals surface area contributed by atoms with Crippen molar-refractivity contribution in [2.45, 2.75) is 38.6 Å². The van der Waals surface area contributed by atoms with Crippen LogP contribution in [0.3, 0.4) is 0 Å². The minimum Gasteiger partial charge on any atom is -0.301 e. The van der Waals surface area contributed by atoms with Crippen molar-refractivity contribution >= 4 is 0 Å². The summed E-state index contributed by atoms with van der Waals surface area (Å²) in [6.45, 7) is 2.75. The average molecular weight is 152 g/mol. The van der Waals surface area contributed by atoms with E-state index in [1.54, 1.807) is 0 Å². The van der Waals surface area contributed by atoms with Crippen LogP contribution in [0.4, 0.5) is 0 Å². The van der Waals surface area contributed by atoms with Crippen molar-refractivity contribution in [2.75, 3.05) is 6.54 Å². The van der Waals surface area contributed by atoms with Crippen molar-refractivity contribution in [3.63, 3.8) is 0 Å². The van der Waals surface area contributed by atoms with Gasteiger partial charge in [0.1, 0.15) is 0 Å². The standard InChI is InChI=1S/C9H16N2/c1-2-8-4-3-5-9(8)11-7-6-10/h8-9,11H,2-5,7H2,1H3/t8-,9+/m1/s1. The van der Waals surface area contributed by atoms with Crippen LogP contribution in [-0.4, -0.2) is 12.6 Å². The molecule has 1 rings (SSSR count). The lowest BCUT2D eigenvalue weighted by atomic mass is 10.0. The van der Waals surface area contributed by atoms with E-state index in [0.29, 0.717) is 12.6 Å². The second-order valence-electron chi connectivity index (χ2n) is 3.24. The predicted octanol–water partition coefficient (Wildman–Crippen LogP) is 1.68. The van der Waals surface area contributed by atoms with Crippen LogP contribution >= 0.6 is 0 Å². The van der Waals surface area contributed by atoms with Crippen LogP contribution < -0.4 is 5.32 Å². The molecule has 0 aromatic rings. The van der Waals surface area contributed by atoms with E-state index in [1.807, 2.05) is 0 Å². The molecule has 1 aliphatic carbocycles. The Bertz CT molecular complexity index is 148. The summed E-state index contributed by atoms with van der Waals surface area (Å²) >= 11 is 0. The summed E-state index contributed by atoms with van der Waals surface area (Å²) in [7, 11) is 0. The van der Waals surface area contributed by atoms with Crippen molar-refractivity contribution < 1.29 is 0 Å². The molecule has 2 atom stereocenters. The van der Waals surface area contributed by atoms with Crippen molar-refractivity contribution in [1.29, 1.82) is 5.26 Å². The van der Waals surface area contributed by atoms with Gasteiger partial charge in [-0.25, -0.2) is 0 Å². The van der Waals surface area contributed by atoms with E-state index in [9.17, 15) is 0 Å². The molecule has 0 aromatic heterocycles. The molecule has 0 aliphatic heterocycles. The molecule has 0 radical (unpaired) electrons. The zero-order valence-corrected chi connectivity index (χ0v) is 7.14. The normalized spacial score (nSPS) is 30.2. The van der Waals surface area contributed by atoms with E-state index >= 15 is 0 Å². The third-order valence-corrected chi connectivity index (χ3v) is 2.63. The van der Waals surface area contributed by atoms with Gasteiger partial charge >= 0.3 is 0 Å². The smallest absolute Gasteiger partial charge is 0.0843 e. The highest BCUT2D eigenvalue weighted by Gasteiger charge is 2.24. The van der Waals surface area contributed by atoms with Gasteiger partial charge < -0.3 is 5.32 Å². The molecule has 0 spiro atoms. The fraction of sp³-hybridized carbons (Fsp3) is 0.889. The predicted molar refractivity (Wildman–Crippen MR) is 45.0 cm³/mol. The number of nitrogens with zero attached hydrogens (tertiary/aromatic N) is 1. The van der Waals surface area contributed by atoms with E-state index in [-0.39, 0.29) is 0 Å². The molecular weight excluding hydrogens is 136 g/mol. The topological polar surface area (TPSA) is 35.8 Å². The lowest BCUT2D eigenvalue weighted by molar-refractivity contribution is 0.405. The lowest BCUT2D eigenvalue weighted by Crippen LogP contribution is -2.32. The van der Waals surface area contributed by atoms with E-state index in [2.05, 4.69) is 18.3 Å². The van der Waals surface area contributed by atoms with Gasteiger partial charge in [0.15, 0.2) is 0 Å². The van der Waals surface area contributed by atoms with Gasteiger partial charge in [0, 0.05) is 6.04 Å². The van der Waals surface area contributed by atoms with Crippen LogP contribution in [-0.2, 0) is 0 Å². The fourth-order valence-electron chi connectivity index (χ4n) is 1.97. The van der Waals surface area contributed by atoms with Crippen molar-refractivity contribution in [3.05, 3.63) is 0 Å². The van der Waals surface area contributed by atoms with Gasteiger partial charge in [-0.2, -0.15) is 5.26 Å². The SMILES string of the molecule is CC[C@@H]1CCC[C@@H]1NCC#N. The molecule has 0 unspecified atom stereocenters. The summed E-state index contributed by atoms with van der Waals surface area (Å²) < 4.78 is 0. The third-order valence-electron chi connectivity index (χ3n) is 2.63. The molecule has 0 saturated heterocycles. The number of rotatable bonds is 3. The Morgan fingerprint density at radius 1 is 1.55 bits per heavy atom. The molecule has 0 bridgehead atoms. The van der Waals surface area contributed by atoms with Crippen molar-refractivity contribution in [2.24, 2.45) is 5.92 Å². The zero-order valence-electron chi connectivity index (χ0n) is 7.14. The first kappa shape index (κ1) is 8.55. The Kier molecular flexibility index (Phi) is 3.38. The maximum atomic E-state index is 8.37. The molecule has 1 saturated carbocycles. The van der Waals surface area contributed by atoms with Crippen LogP contribution in [0.25, 0.3) is 0 Å². The summed E-state index contributed by atoms with van der Waals surface area (Å²) in [6.07, 6.45) is 5.20. The van der Waals surface area contributed by atoms with Gasteiger partial charge in [0.25, 0.3) is 0 Å². The van der Waals surface area contributed by atoms with Gasteiger partial charge in [-0.15, -0.1) is 0 Å². The summed E-state index contributed by atoms with van der Waals surface area (Å²) in [4.78, 5) is 0. The fourth-order valence-corrected chi connectivity index (χ4v) is 1.97. The number of nitrogens with one attached hydrogen (secondary N) is 1. The van der Waals surface area contributed by atoms with Crippen LogP contribution in [0.1, 0.15) is 32.6 Å². The van der Waals surface area contributed by atoms with Gasteiger partial charge in [-0.05, 0) is 18.8 Å². The first-order valence-corrected chi connectivity index (χ1v) is 4.48. The molecule has 1 aliphatic rings. The highest BCUT2D eigenvalue weighted by Crippen LogP contribution is 2.27. The molecule has 2 nitrogen and oxygen atoms in total. The second-order valence-corrected chi connectivity index (χ2v) is 3.24. The van der Waals surface area contributed by atoms with Crippen molar-refractivity contribution in [3.8, 4) is 6.07 Å². The largest absolute Gasteiger partial charge is 0.301 e. The molecule has 1 fully saturated rings. The molecule has 0 amide bonds. The highest BCUT2D eigenvalue weighted by atomic mass is 14.9. The van der Waals surface area contributed by atoms with E-state index < -0.39 is 0 Å². The number of hydrogen-bond donors (Lipinski definition) is 1. The van der Waals surface area contributed by atoms with Crippen LogP contribution in [0, 0.1) is 17.2 Å². The molecule has 2 heteroatoms. The monoisotopic (exact) mass is 152 g/mol. The Hall–Kier alpha value is -0.550. The van der Waals surface area contributed by atoms with E-state index in [0.717, 1.165) is 5.92 Å². The lowest BCUT2D eigenvalue weighted by Gasteiger charge is -2.17. The Labute approximate surface area is 68.6 Å². The number of nitriles is 1. The third kappa shape index (κ3) is 2.20. The van der Waals surface area contributed by atoms with E-state index in [1.165, 1.54) is 25.7 Å². The first-order chi connectivity index (χ1) is 5.38. The Balaban J connectivity index is 2.27. The summed E-state index contributed by atoms with van der Waals surface area (Å²) in [5.74, 6) is 0.823. The Morgan fingerprint density at radius 2 is 2.36 bits per heavy atom. The number of hydrogen-bond acceptors (Lipinski definition) is 2. The first-order valence-electron chi connectivity index (χ1n) is 4.48. The van der Waals surface area contributed by atoms with Gasteiger partial charge in [0.05, 0.1) is 12.6 Å². The summed E-state index contributed by atoms with van der Waals surface area (Å²) in [5, 5.41) is 11.6. The zero-order chi connectivity index (χ0) is 8.10. The van der Waals surface area contributed by atoms with Gasteiger partial charge in [-0.3, -0.25) is 0 Å². The Morgan fingerprint density at radius 3 is 3.00 bits per heavy atom. The molecule has 0 aromatic carbocycles. The molecule has 1 N–H and O–H groups in total. The second kappa shape index (κ2) is 4.35. The summed E-state index contributed by atoms with van der Waals surface area (Å²) in [5.41, 5.74) is 0. The van der Waals surface area contributed by atoms with E-state index in [4.69, 9.17) is 5.26 Å². The van der Waals surface area contributed by atoms with Gasteiger partial charge in [0.2, 0.25) is 0 Å². The van der Waals surface area contributed by atoms with Crippen LogP contribution in [0.5, 0.6) is 0 Å².